The van der Waals surface area contributed by atoms with Gasteiger partial charge in [-0.15, -0.1) is 11.3 Å². The summed E-state index contributed by atoms with van der Waals surface area (Å²) in [7, 11) is -3.43. The van der Waals surface area contributed by atoms with Crippen LogP contribution >= 0.6 is 11.3 Å². The molecule has 202 valence electrons. The SMILES string of the molecule is Cc1nc2cc(OCC(O)CN3CCN(CCS(=O)(=O)Nc4ccc(C(C)(C)C)cc4)CC3)ccc2s1. The second-order valence-electron chi connectivity index (χ2n) is 10.7. The Morgan fingerprint density at radius 1 is 1.08 bits per heavy atom. The molecule has 3 aromatic rings. The fourth-order valence-corrected chi connectivity index (χ4v) is 6.27. The zero-order valence-corrected chi connectivity index (χ0v) is 23.7. The van der Waals surface area contributed by atoms with Crippen molar-refractivity contribution < 1.29 is 18.3 Å². The first kappa shape index (κ1) is 27.8. The first-order valence-corrected chi connectivity index (χ1v) is 15.2. The molecule has 8 nitrogen and oxygen atoms in total. The highest BCUT2D eigenvalue weighted by Gasteiger charge is 2.22. The van der Waals surface area contributed by atoms with Crippen molar-refractivity contribution in [3.05, 3.63) is 53.0 Å². The van der Waals surface area contributed by atoms with Crippen LogP contribution < -0.4 is 9.46 Å². The summed E-state index contributed by atoms with van der Waals surface area (Å²) < 4.78 is 34.8. The third kappa shape index (κ3) is 8.12. The van der Waals surface area contributed by atoms with Gasteiger partial charge in [0.25, 0.3) is 0 Å². The van der Waals surface area contributed by atoms with Crippen LogP contribution in [0, 0.1) is 6.92 Å². The number of piperazine rings is 1. The van der Waals surface area contributed by atoms with E-state index in [9.17, 15) is 13.5 Å². The molecule has 1 atom stereocenters. The van der Waals surface area contributed by atoms with Crippen LogP contribution in [0.15, 0.2) is 42.5 Å². The van der Waals surface area contributed by atoms with E-state index in [2.05, 4.69) is 40.3 Å². The third-order valence-electron chi connectivity index (χ3n) is 6.54. The number of hydrogen-bond donors (Lipinski definition) is 2. The molecule has 10 heteroatoms. The number of aliphatic hydroxyl groups is 1. The Bertz CT molecular complexity index is 1280. The number of benzene rings is 2. The lowest BCUT2D eigenvalue weighted by Gasteiger charge is -2.35. The van der Waals surface area contributed by atoms with Gasteiger partial charge >= 0.3 is 0 Å². The zero-order valence-electron chi connectivity index (χ0n) is 22.1. The van der Waals surface area contributed by atoms with Crippen molar-refractivity contribution in [2.24, 2.45) is 0 Å². The van der Waals surface area contributed by atoms with Gasteiger partial charge in [-0.25, -0.2) is 13.4 Å². The molecule has 2 N–H and O–H groups in total. The summed E-state index contributed by atoms with van der Waals surface area (Å²) in [6.07, 6.45) is -0.603. The Kier molecular flexibility index (Phi) is 8.75. The maximum atomic E-state index is 12.6. The molecule has 2 heterocycles. The van der Waals surface area contributed by atoms with E-state index in [0.29, 0.717) is 24.5 Å². The number of nitrogens with one attached hydrogen (secondary N) is 1. The number of thiazole rings is 1. The van der Waals surface area contributed by atoms with Crippen molar-refractivity contribution in [3.8, 4) is 5.75 Å². The number of nitrogens with zero attached hydrogens (tertiary/aromatic N) is 3. The molecular weight excluding hydrogens is 508 g/mol. The molecule has 0 aliphatic carbocycles. The van der Waals surface area contributed by atoms with E-state index in [0.717, 1.165) is 47.0 Å². The lowest BCUT2D eigenvalue weighted by atomic mass is 9.87. The second-order valence-corrected chi connectivity index (χ2v) is 13.8. The molecule has 1 aliphatic heterocycles. The molecule has 2 aromatic carbocycles. The van der Waals surface area contributed by atoms with E-state index < -0.39 is 16.1 Å². The number of aryl methyl sites for hydroxylation is 1. The summed E-state index contributed by atoms with van der Waals surface area (Å²) in [6.45, 7) is 12.7. The average molecular weight is 547 g/mol. The predicted molar refractivity (Wildman–Crippen MR) is 151 cm³/mol. The van der Waals surface area contributed by atoms with E-state index >= 15 is 0 Å². The fraction of sp³-hybridized carbons (Fsp3) is 0.519. The largest absolute Gasteiger partial charge is 0.491 e. The van der Waals surface area contributed by atoms with Gasteiger partial charge in [0.2, 0.25) is 10.0 Å². The number of hydrogen-bond acceptors (Lipinski definition) is 8. The van der Waals surface area contributed by atoms with Crippen LogP contribution in [0.2, 0.25) is 0 Å². The van der Waals surface area contributed by atoms with Crippen molar-refractivity contribution in [2.45, 2.75) is 39.2 Å². The fourth-order valence-electron chi connectivity index (χ4n) is 4.37. The van der Waals surface area contributed by atoms with Gasteiger partial charge in [0.05, 0.1) is 21.0 Å². The first-order valence-electron chi connectivity index (χ1n) is 12.7. The molecule has 1 aliphatic rings. The van der Waals surface area contributed by atoms with E-state index in [1.165, 1.54) is 0 Å². The van der Waals surface area contributed by atoms with Crippen molar-refractivity contribution in [2.75, 3.05) is 56.4 Å². The molecule has 0 radical (unpaired) electrons. The van der Waals surface area contributed by atoms with Gasteiger partial charge in [-0.3, -0.25) is 14.5 Å². The van der Waals surface area contributed by atoms with Crippen LogP contribution in [0.25, 0.3) is 10.2 Å². The molecule has 0 amide bonds. The summed E-state index contributed by atoms with van der Waals surface area (Å²) in [5.41, 5.74) is 2.70. The van der Waals surface area contributed by atoms with Crippen LogP contribution in [0.5, 0.6) is 5.75 Å². The highest BCUT2D eigenvalue weighted by molar-refractivity contribution is 7.92. The predicted octanol–water partition coefficient (Wildman–Crippen LogP) is 3.70. The van der Waals surface area contributed by atoms with Gasteiger partial charge in [-0.1, -0.05) is 32.9 Å². The number of rotatable bonds is 10. The monoisotopic (exact) mass is 546 g/mol. The van der Waals surface area contributed by atoms with Crippen LogP contribution in [0.4, 0.5) is 5.69 Å². The molecule has 0 spiro atoms. The maximum absolute atomic E-state index is 12.6. The number of anilines is 1. The normalized spacial score (nSPS) is 16.7. The van der Waals surface area contributed by atoms with E-state index in [-0.39, 0.29) is 17.8 Å². The van der Waals surface area contributed by atoms with Gasteiger partial charge in [-0.2, -0.15) is 0 Å². The Labute approximate surface area is 224 Å². The first-order chi connectivity index (χ1) is 17.5. The second kappa shape index (κ2) is 11.7. The molecular formula is C27H38N4O4S2. The van der Waals surface area contributed by atoms with Crippen molar-refractivity contribution in [1.29, 1.82) is 0 Å². The minimum Gasteiger partial charge on any atom is -0.491 e. The number of ether oxygens (including phenoxy) is 1. The van der Waals surface area contributed by atoms with Crippen molar-refractivity contribution in [3.63, 3.8) is 0 Å². The molecule has 0 saturated carbocycles. The number of fused-ring (bicyclic) bond motifs is 1. The maximum Gasteiger partial charge on any atom is 0.233 e. The van der Waals surface area contributed by atoms with Crippen LogP contribution in [0.1, 0.15) is 31.3 Å². The van der Waals surface area contributed by atoms with Gasteiger partial charge < -0.3 is 9.84 Å². The van der Waals surface area contributed by atoms with Crippen LogP contribution in [0.3, 0.4) is 0 Å². The zero-order chi connectivity index (χ0) is 26.6. The summed E-state index contributed by atoms with van der Waals surface area (Å²) in [4.78, 5) is 8.84. The molecule has 1 saturated heterocycles. The molecule has 0 bridgehead atoms. The third-order valence-corrected chi connectivity index (χ3v) is 8.76. The Morgan fingerprint density at radius 2 is 1.76 bits per heavy atom. The smallest absolute Gasteiger partial charge is 0.233 e. The van der Waals surface area contributed by atoms with E-state index in [4.69, 9.17) is 4.74 Å². The van der Waals surface area contributed by atoms with Crippen molar-refractivity contribution in [1.82, 2.24) is 14.8 Å². The average Bonchev–Trinajstić information content (AvgIpc) is 3.21. The highest BCUT2D eigenvalue weighted by atomic mass is 32.2. The standard InChI is InChI=1S/C27H38N4O4S2/c1-20-28-25-17-24(9-10-26(25)36-20)35-19-23(32)18-31-13-11-30(12-14-31)15-16-37(33,34)29-22-7-5-21(6-8-22)27(2,3)4/h5-10,17,23,29,32H,11-16,18-19H2,1-4H3. The molecule has 37 heavy (non-hydrogen) atoms. The van der Waals surface area contributed by atoms with Gasteiger partial charge in [0, 0.05) is 51.0 Å². The van der Waals surface area contributed by atoms with Gasteiger partial charge in [0.15, 0.2) is 0 Å². The number of aromatic nitrogens is 1. The lowest BCUT2D eigenvalue weighted by Crippen LogP contribution is -2.50. The lowest BCUT2D eigenvalue weighted by molar-refractivity contribution is 0.0472. The summed E-state index contributed by atoms with van der Waals surface area (Å²) in [5, 5.41) is 11.5. The van der Waals surface area contributed by atoms with Crippen molar-refractivity contribution >= 4 is 37.3 Å². The minimum atomic E-state index is -3.43. The number of β-amino-alcohol motifs (C(OH)–C–C–N with tert-alkyl or cyclic N) is 1. The van der Waals surface area contributed by atoms with E-state index in [1.807, 2.05) is 49.4 Å². The van der Waals surface area contributed by atoms with Gasteiger partial charge in [-0.05, 0) is 42.2 Å². The summed E-state index contributed by atoms with van der Waals surface area (Å²) >= 11 is 1.65. The summed E-state index contributed by atoms with van der Waals surface area (Å²) in [6, 6.07) is 13.4. The number of aliphatic hydroxyl groups excluding tert-OH is 1. The van der Waals surface area contributed by atoms with Crippen LogP contribution in [-0.2, 0) is 15.4 Å². The Morgan fingerprint density at radius 3 is 2.43 bits per heavy atom. The van der Waals surface area contributed by atoms with Gasteiger partial charge in [0.1, 0.15) is 18.5 Å². The highest BCUT2D eigenvalue weighted by Crippen LogP contribution is 2.26. The Balaban J connectivity index is 1.16. The molecule has 1 aromatic heterocycles. The minimum absolute atomic E-state index is 0.0264. The number of sulfonamides is 1. The Hall–Kier alpha value is -2.24. The quantitative estimate of drug-likeness (QED) is 0.400. The molecule has 1 unspecified atom stereocenters. The van der Waals surface area contributed by atoms with Crippen LogP contribution in [-0.4, -0.2) is 86.0 Å². The summed E-state index contributed by atoms with van der Waals surface area (Å²) in [5.74, 6) is 0.759. The van der Waals surface area contributed by atoms with E-state index in [1.54, 1.807) is 11.3 Å². The molecule has 4 rings (SSSR count). The topological polar surface area (TPSA) is 95.0 Å². The molecule has 1 fully saturated rings.